The average Bonchev–Trinajstić information content (AvgIpc) is 2.23. The molecule has 0 spiro atoms. The van der Waals surface area contributed by atoms with Gasteiger partial charge in [-0.05, 0) is 31.5 Å². The zero-order valence-electron chi connectivity index (χ0n) is 10.3. The van der Waals surface area contributed by atoms with Gasteiger partial charge in [-0.15, -0.1) is 0 Å². The molecule has 1 aromatic carbocycles. The van der Waals surface area contributed by atoms with Crippen LogP contribution >= 0.6 is 0 Å². The molecule has 0 fully saturated rings. The zero-order valence-corrected chi connectivity index (χ0v) is 11.1. The molecular formula is C12H19NO3S. The minimum absolute atomic E-state index is 0.0148. The molecule has 96 valence electrons. The van der Waals surface area contributed by atoms with Crippen molar-refractivity contribution in [3.05, 3.63) is 23.8 Å². The van der Waals surface area contributed by atoms with Gasteiger partial charge in [0.05, 0.1) is 0 Å². The van der Waals surface area contributed by atoms with E-state index in [1.165, 1.54) is 6.07 Å². The van der Waals surface area contributed by atoms with E-state index in [4.69, 9.17) is 0 Å². The monoisotopic (exact) mass is 257 g/mol. The van der Waals surface area contributed by atoms with Gasteiger partial charge in [0, 0.05) is 41.0 Å². The molecule has 4 nitrogen and oxygen atoms in total. The van der Waals surface area contributed by atoms with Gasteiger partial charge in [-0.3, -0.25) is 4.21 Å². The normalized spacial score (nSPS) is 16.4. The summed E-state index contributed by atoms with van der Waals surface area (Å²) >= 11 is 0. The molecule has 0 amide bonds. The lowest BCUT2D eigenvalue weighted by Crippen LogP contribution is -2.29. The van der Waals surface area contributed by atoms with Crippen molar-refractivity contribution in [1.82, 2.24) is 5.32 Å². The highest BCUT2D eigenvalue weighted by Crippen LogP contribution is 2.24. The molecule has 0 aliphatic heterocycles. The van der Waals surface area contributed by atoms with E-state index in [0.29, 0.717) is 6.54 Å². The lowest BCUT2D eigenvalue weighted by molar-refractivity contribution is 0.446. The first kappa shape index (κ1) is 14.0. The van der Waals surface area contributed by atoms with Gasteiger partial charge in [0.15, 0.2) is 0 Å². The third-order valence-corrected chi connectivity index (χ3v) is 4.00. The quantitative estimate of drug-likeness (QED) is 0.748. The number of benzene rings is 1. The second-order valence-electron chi connectivity index (χ2n) is 4.22. The number of phenolic OH excluding ortho intramolecular Hbond substituents is 2. The lowest BCUT2D eigenvalue weighted by atomic mass is 10.1. The molecule has 0 saturated heterocycles. The van der Waals surface area contributed by atoms with Crippen molar-refractivity contribution in [2.45, 2.75) is 25.1 Å². The summed E-state index contributed by atoms with van der Waals surface area (Å²) in [6, 6.07) is 4.48. The summed E-state index contributed by atoms with van der Waals surface area (Å²) in [5.41, 5.74) is 0.802. The predicted molar refractivity (Wildman–Crippen MR) is 69.7 cm³/mol. The molecule has 3 N–H and O–H groups in total. The van der Waals surface area contributed by atoms with Crippen LogP contribution in [0.1, 0.15) is 25.5 Å². The standard InChI is InChI=1S/C12H19NO3S/c1-8(17(3)16)7-13-9(2)10-4-11(14)6-12(15)5-10/h4-6,8-9,13-15H,7H2,1-3H3. The molecule has 0 aliphatic rings. The number of phenols is 2. The van der Waals surface area contributed by atoms with Crippen molar-refractivity contribution in [3.8, 4) is 11.5 Å². The fourth-order valence-corrected chi connectivity index (χ4v) is 1.78. The van der Waals surface area contributed by atoms with Gasteiger partial charge in [-0.25, -0.2) is 0 Å². The number of rotatable bonds is 5. The Labute approximate surface area is 104 Å². The number of hydrogen-bond donors (Lipinski definition) is 3. The van der Waals surface area contributed by atoms with Gasteiger partial charge in [-0.1, -0.05) is 0 Å². The van der Waals surface area contributed by atoms with Crippen molar-refractivity contribution in [2.75, 3.05) is 12.8 Å². The largest absolute Gasteiger partial charge is 0.508 e. The van der Waals surface area contributed by atoms with Crippen LogP contribution in [-0.2, 0) is 10.8 Å². The van der Waals surface area contributed by atoms with Crippen LogP contribution in [0.4, 0.5) is 0 Å². The highest BCUT2D eigenvalue weighted by atomic mass is 32.2. The van der Waals surface area contributed by atoms with Gasteiger partial charge in [-0.2, -0.15) is 0 Å². The van der Waals surface area contributed by atoms with Crippen molar-refractivity contribution in [1.29, 1.82) is 0 Å². The van der Waals surface area contributed by atoms with E-state index in [2.05, 4.69) is 5.32 Å². The molecule has 0 saturated carbocycles. The van der Waals surface area contributed by atoms with Gasteiger partial charge >= 0.3 is 0 Å². The summed E-state index contributed by atoms with van der Waals surface area (Å²) in [5.74, 6) is 0.0848. The molecule has 3 unspecified atom stereocenters. The molecule has 0 bridgehead atoms. The van der Waals surface area contributed by atoms with Crippen molar-refractivity contribution in [2.24, 2.45) is 0 Å². The van der Waals surface area contributed by atoms with E-state index in [1.54, 1.807) is 18.4 Å². The number of nitrogens with one attached hydrogen (secondary N) is 1. The fourth-order valence-electron chi connectivity index (χ4n) is 1.45. The van der Waals surface area contributed by atoms with Crippen molar-refractivity contribution >= 4 is 10.8 Å². The van der Waals surface area contributed by atoms with Crippen molar-refractivity contribution < 1.29 is 14.4 Å². The smallest absolute Gasteiger partial charge is 0.119 e. The van der Waals surface area contributed by atoms with Gasteiger partial charge in [0.2, 0.25) is 0 Å². The third-order valence-electron chi connectivity index (χ3n) is 2.70. The second-order valence-corrected chi connectivity index (χ2v) is 6.02. The summed E-state index contributed by atoms with van der Waals surface area (Å²) in [6.45, 7) is 4.47. The number of aromatic hydroxyl groups is 2. The highest BCUT2D eigenvalue weighted by molar-refractivity contribution is 7.84. The Bertz CT molecular complexity index is 388. The van der Waals surface area contributed by atoms with Crippen LogP contribution in [0.25, 0.3) is 0 Å². The molecule has 0 aliphatic carbocycles. The Balaban J connectivity index is 2.63. The first-order valence-corrected chi connectivity index (χ1v) is 7.10. The summed E-state index contributed by atoms with van der Waals surface area (Å²) in [4.78, 5) is 0. The summed E-state index contributed by atoms with van der Waals surface area (Å²) in [5, 5.41) is 22.0. The zero-order chi connectivity index (χ0) is 13.0. The van der Waals surface area contributed by atoms with Crippen LogP contribution in [0.3, 0.4) is 0 Å². The minimum Gasteiger partial charge on any atom is -0.508 e. The summed E-state index contributed by atoms with van der Waals surface area (Å²) in [6.07, 6.45) is 1.68. The van der Waals surface area contributed by atoms with E-state index < -0.39 is 10.8 Å². The molecule has 0 aromatic heterocycles. The van der Waals surface area contributed by atoms with Gasteiger partial charge < -0.3 is 15.5 Å². The minimum atomic E-state index is -0.853. The Morgan fingerprint density at radius 1 is 1.24 bits per heavy atom. The maximum Gasteiger partial charge on any atom is 0.119 e. The van der Waals surface area contributed by atoms with Gasteiger partial charge in [0.1, 0.15) is 11.5 Å². The molecule has 0 radical (unpaired) electrons. The summed E-state index contributed by atoms with van der Waals surface area (Å²) < 4.78 is 11.2. The molecule has 0 heterocycles. The molecule has 1 rings (SSSR count). The Morgan fingerprint density at radius 3 is 2.24 bits per heavy atom. The topological polar surface area (TPSA) is 69.6 Å². The molecule has 5 heteroatoms. The predicted octanol–water partition coefficient (Wildman–Crippen LogP) is 1.52. The van der Waals surface area contributed by atoms with E-state index in [1.807, 2.05) is 13.8 Å². The Kier molecular flexibility index (Phi) is 4.96. The molecule has 3 atom stereocenters. The Hall–Kier alpha value is -1.07. The van der Waals surface area contributed by atoms with Crippen LogP contribution < -0.4 is 5.32 Å². The fraction of sp³-hybridized carbons (Fsp3) is 0.500. The lowest BCUT2D eigenvalue weighted by Gasteiger charge is -2.17. The van der Waals surface area contributed by atoms with Crippen LogP contribution in [0.2, 0.25) is 0 Å². The van der Waals surface area contributed by atoms with Crippen LogP contribution in [0.5, 0.6) is 11.5 Å². The van der Waals surface area contributed by atoms with E-state index >= 15 is 0 Å². The second kappa shape index (κ2) is 6.02. The van der Waals surface area contributed by atoms with E-state index in [-0.39, 0.29) is 22.8 Å². The Morgan fingerprint density at radius 2 is 1.76 bits per heavy atom. The number of hydrogen-bond acceptors (Lipinski definition) is 4. The van der Waals surface area contributed by atoms with Gasteiger partial charge in [0.25, 0.3) is 0 Å². The average molecular weight is 257 g/mol. The molecule has 17 heavy (non-hydrogen) atoms. The van der Waals surface area contributed by atoms with E-state index in [9.17, 15) is 14.4 Å². The SMILES string of the molecule is CC(NCC(C)S(C)=O)c1cc(O)cc(O)c1. The highest BCUT2D eigenvalue weighted by Gasteiger charge is 2.11. The maximum absolute atomic E-state index is 11.2. The molecule has 1 aromatic rings. The molecular weight excluding hydrogens is 238 g/mol. The first-order chi connectivity index (χ1) is 7.90. The van der Waals surface area contributed by atoms with E-state index in [0.717, 1.165) is 5.56 Å². The maximum atomic E-state index is 11.2. The van der Waals surface area contributed by atoms with Crippen LogP contribution in [-0.4, -0.2) is 32.5 Å². The van der Waals surface area contributed by atoms with Crippen LogP contribution in [0.15, 0.2) is 18.2 Å². The third kappa shape index (κ3) is 4.36. The summed E-state index contributed by atoms with van der Waals surface area (Å²) in [7, 11) is -0.853. The van der Waals surface area contributed by atoms with Crippen LogP contribution in [0, 0.1) is 0 Å². The first-order valence-electron chi connectivity index (χ1n) is 5.48. The van der Waals surface area contributed by atoms with Crippen molar-refractivity contribution in [3.63, 3.8) is 0 Å².